The fourth-order valence-corrected chi connectivity index (χ4v) is 6.89. The van der Waals surface area contributed by atoms with Gasteiger partial charge in [-0.05, 0) is 130 Å². The van der Waals surface area contributed by atoms with E-state index in [1.165, 1.54) is 45.5 Å². The minimum absolute atomic E-state index is 0.0608. The summed E-state index contributed by atoms with van der Waals surface area (Å²) in [6, 6.07) is 18.6. The van der Waals surface area contributed by atoms with Gasteiger partial charge in [-0.25, -0.2) is 4.99 Å². The highest BCUT2D eigenvalue weighted by Gasteiger charge is 2.24. The first-order valence-electron chi connectivity index (χ1n) is 14.7. The number of benzene rings is 3. The first-order valence-corrected chi connectivity index (χ1v) is 15.5. The number of ether oxygens (including phenoxy) is 1. The number of hydrogen-bond donors (Lipinski definition) is 1. The van der Waals surface area contributed by atoms with Gasteiger partial charge < -0.3 is 10.1 Å². The molecule has 5 heteroatoms. The normalized spacial score (nSPS) is 13.5. The molecule has 1 aromatic heterocycles. The minimum atomic E-state index is -0.0608. The molecule has 41 heavy (non-hydrogen) atoms. The first-order chi connectivity index (χ1) is 19.8. The third-order valence-electron chi connectivity index (χ3n) is 7.96. The number of anilines is 1. The molecule has 1 aliphatic rings. The molecule has 0 atom stereocenters. The Morgan fingerprint density at radius 3 is 2.29 bits per heavy atom. The highest BCUT2D eigenvalue weighted by Crippen LogP contribution is 2.39. The number of nitrogens with zero attached hydrogens (tertiary/aromatic N) is 1. The second-order valence-electron chi connectivity index (χ2n) is 11.4. The Hall–Kier alpha value is -3.70. The molecule has 4 nitrogen and oxygen atoms in total. The Balaban J connectivity index is 1.36. The SMILES string of the molecule is Cc1cc(C)c(COc2ccc(C=Nc3sc4c(c3C(=O)Nc3cc(C)ccc3C)CCCCCC4)cc2)c(C)c1. The van der Waals surface area contributed by atoms with Crippen molar-refractivity contribution < 1.29 is 9.53 Å². The third kappa shape index (κ3) is 6.97. The summed E-state index contributed by atoms with van der Waals surface area (Å²) in [6.45, 7) is 11.0. The van der Waals surface area contributed by atoms with Gasteiger partial charge >= 0.3 is 0 Å². The molecule has 4 aromatic rings. The molecule has 212 valence electrons. The van der Waals surface area contributed by atoms with Gasteiger partial charge in [0.2, 0.25) is 0 Å². The number of nitrogens with one attached hydrogen (secondary N) is 1. The van der Waals surface area contributed by atoms with Crippen LogP contribution in [0.1, 0.15) is 85.4 Å². The summed E-state index contributed by atoms with van der Waals surface area (Å²) < 4.78 is 6.12. The molecule has 1 N–H and O–H groups in total. The second-order valence-corrected chi connectivity index (χ2v) is 12.4. The highest BCUT2D eigenvalue weighted by atomic mass is 32.1. The van der Waals surface area contributed by atoms with Crippen LogP contribution in [-0.4, -0.2) is 12.1 Å². The van der Waals surface area contributed by atoms with Gasteiger partial charge in [0, 0.05) is 16.8 Å². The molecule has 3 aromatic carbocycles. The van der Waals surface area contributed by atoms with Gasteiger partial charge in [-0.15, -0.1) is 11.3 Å². The van der Waals surface area contributed by atoms with E-state index in [0.717, 1.165) is 64.4 Å². The van der Waals surface area contributed by atoms with Crippen LogP contribution >= 0.6 is 11.3 Å². The maximum Gasteiger partial charge on any atom is 0.259 e. The highest BCUT2D eigenvalue weighted by molar-refractivity contribution is 7.16. The van der Waals surface area contributed by atoms with E-state index in [1.807, 2.05) is 50.4 Å². The smallest absolute Gasteiger partial charge is 0.259 e. The van der Waals surface area contributed by atoms with Crippen LogP contribution in [0, 0.1) is 34.6 Å². The molecule has 0 unspecified atom stereocenters. The molecular weight excluding hydrogens is 524 g/mol. The largest absolute Gasteiger partial charge is 0.489 e. The van der Waals surface area contributed by atoms with E-state index in [9.17, 15) is 4.79 Å². The Morgan fingerprint density at radius 1 is 0.854 bits per heavy atom. The van der Waals surface area contributed by atoms with Gasteiger partial charge in [-0.2, -0.15) is 0 Å². The van der Waals surface area contributed by atoms with Crippen molar-refractivity contribution in [2.75, 3.05) is 5.32 Å². The average Bonchev–Trinajstić information content (AvgIpc) is 3.25. The maximum atomic E-state index is 13.7. The molecule has 0 saturated heterocycles. The zero-order valence-electron chi connectivity index (χ0n) is 24.9. The summed E-state index contributed by atoms with van der Waals surface area (Å²) >= 11 is 1.68. The van der Waals surface area contributed by atoms with Crippen molar-refractivity contribution in [2.24, 2.45) is 4.99 Å². The predicted molar refractivity (Wildman–Crippen MR) is 173 cm³/mol. The minimum Gasteiger partial charge on any atom is -0.489 e. The van der Waals surface area contributed by atoms with Gasteiger partial charge in [-0.1, -0.05) is 42.7 Å². The zero-order chi connectivity index (χ0) is 28.9. The van der Waals surface area contributed by atoms with Gasteiger partial charge in [0.05, 0.1) is 5.56 Å². The summed E-state index contributed by atoms with van der Waals surface area (Å²) in [5, 5.41) is 4.00. The number of carbonyl (C=O) groups is 1. The number of aryl methyl sites for hydroxylation is 6. The van der Waals surface area contributed by atoms with Crippen molar-refractivity contribution in [1.82, 2.24) is 0 Å². The fraction of sp³-hybridized carbons (Fsp3) is 0.333. The van der Waals surface area contributed by atoms with Crippen LogP contribution in [-0.2, 0) is 19.4 Å². The predicted octanol–water partition coefficient (Wildman–Crippen LogP) is 9.53. The molecule has 0 radical (unpaired) electrons. The summed E-state index contributed by atoms with van der Waals surface area (Å²) in [4.78, 5) is 20.0. The number of aliphatic imine (C=N–C) groups is 1. The van der Waals surface area contributed by atoms with E-state index in [2.05, 4.69) is 50.4 Å². The van der Waals surface area contributed by atoms with Crippen LogP contribution < -0.4 is 10.1 Å². The van der Waals surface area contributed by atoms with Crippen molar-refractivity contribution in [2.45, 2.75) is 79.8 Å². The van der Waals surface area contributed by atoms with Crippen LogP contribution in [0.25, 0.3) is 0 Å². The van der Waals surface area contributed by atoms with E-state index in [1.54, 1.807) is 11.3 Å². The molecule has 5 rings (SSSR count). The van der Waals surface area contributed by atoms with E-state index in [0.29, 0.717) is 6.61 Å². The molecule has 0 aliphatic heterocycles. The number of fused-ring (bicyclic) bond motifs is 1. The topological polar surface area (TPSA) is 50.7 Å². The van der Waals surface area contributed by atoms with Crippen molar-refractivity contribution in [3.05, 3.63) is 110 Å². The Labute approximate surface area is 248 Å². The van der Waals surface area contributed by atoms with E-state index in [4.69, 9.17) is 9.73 Å². The van der Waals surface area contributed by atoms with E-state index < -0.39 is 0 Å². The van der Waals surface area contributed by atoms with Crippen LogP contribution in [0.4, 0.5) is 10.7 Å². The Kier molecular flexibility index (Phi) is 9.04. The lowest BCUT2D eigenvalue weighted by atomic mass is 9.96. The van der Waals surface area contributed by atoms with Gasteiger partial charge in [-0.3, -0.25) is 4.79 Å². The van der Waals surface area contributed by atoms with Crippen LogP contribution in [0.3, 0.4) is 0 Å². The van der Waals surface area contributed by atoms with Gasteiger partial charge in [0.15, 0.2) is 0 Å². The lowest BCUT2D eigenvalue weighted by molar-refractivity contribution is 0.102. The Bertz CT molecular complexity index is 1560. The lowest BCUT2D eigenvalue weighted by Gasteiger charge is -2.13. The number of carbonyl (C=O) groups excluding carboxylic acids is 1. The van der Waals surface area contributed by atoms with Crippen molar-refractivity contribution >= 4 is 34.1 Å². The quantitative estimate of drug-likeness (QED) is 0.227. The summed E-state index contributed by atoms with van der Waals surface area (Å²) in [5.41, 5.74) is 11.0. The van der Waals surface area contributed by atoms with Crippen molar-refractivity contribution in [3.8, 4) is 5.75 Å². The molecule has 1 heterocycles. The molecule has 0 spiro atoms. The second kappa shape index (κ2) is 12.9. The number of rotatable bonds is 7. The van der Waals surface area contributed by atoms with E-state index in [-0.39, 0.29) is 5.91 Å². The molecule has 0 bridgehead atoms. The zero-order valence-corrected chi connectivity index (χ0v) is 25.7. The van der Waals surface area contributed by atoms with Gasteiger partial charge in [0.1, 0.15) is 17.4 Å². The monoisotopic (exact) mass is 564 g/mol. The van der Waals surface area contributed by atoms with Gasteiger partial charge in [0.25, 0.3) is 5.91 Å². The molecule has 0 saturated carbocycles. The molecular formula is C36H40N2O2S. The van der Waals surface area contributed by atoms with Crippen LogP contribution in [0.2, 0.25) is 0 Å². The number of amides is 1. The first kappa shape index (κ1) is 28.8. The molecule has 0 fully saturated rings. The van der Waals surface area contributed by atoms with Crippen molar-refractivity contribution in [1.29, 1.82) is 0 Å². The van der Waals surface area contributed by atoms with E-state index >= 15 is 0 Å². The number of hydrogen-bond acceptors (Lipinski definition) is 4. The summed E-state index contributed by atoms with van der Waals surface area (Å²) in [6.07, 6.45) is 8.55. The Morgan fingerprint density at radius 2 is 1.56 bits per heavy atom. The number of thiophene rings is 1. The van der Waals surface area contributed by atoms with Crippen molar-refractivity contribution in [3.63, 3.8) is 0 Å². The molecule has 1 amide bonds. The summed E-state index contributed by atoms with van der Waals surface area (Å²) in [7, 11) is 0. The van der Waals surface area contributed by atoms with Crippen LogP contribution in [0.5, 0.6) is 5.75 Å². The third-order valence-corrected chi connectivity index (χ3v) is 9.16. The maximum absolute atomic E-state index is 13.7. The molecule has 1 aliphatic carbocycles. The standard InChI is InChI=1S/C36H40N2O2S/c1-23-12-13-25(3)32(20-23)38-35(39)34-30-10-8-6-7-9-11-33(30)41-36(34)37-21-28-14-16-29(17-15-28)40-22-31-26(4)18-24(2)19-27(31)5/h12-21H,6-11,22H2,1-5H3,(H,38,39). The summed E-state index contributed by atoms with van der Waals surface area (Å²) in [5.74, 6) is 0.767. The lowest BCUT2D eigenvalue weighted by Crippen LogP contribution is -2.15. The van der Waals surface area contributed by atoms with Crippen LogP contribution in [0.15, 0.2) is 59.6 Å². The average molecular weight is 565 g/mol. The fourth-order valence-electron chi connectivity index (χ4n) is 5.66.